The Hall–Kier alpha value is -0.870. The molecule has 4 heteroatoms. The van der Waals surface area contributed by atoms with Crippen molar-refractivity contribution >= 4 is 21.8 Å². The lowest BCUT2D eigenvalue weighted by molar-refractivity contribution is -0.0370. The van der Waals surface area contributed by atoms with E-state index in [2.05, 4.69) is 15.9 Å². The summed E-state index contributed by atoms with van der Waals surface area (Å²) in [4.78, 5) is 14.3. The van der Waals surface area contributed by atoms with Crippen molar-refractivity contribution < 1.29 is 9.53 Å². The Kier molecular flexibility index (Phi) is 3.54. The third-order valence-corrected chi connectivity index (χ3v) is 3.51. The van der Waals surface area contributed by atoms with E-state index in [9.17, 15) is 4.79 Å². The first-order valence-corrected chi connectivity index (χ1v) is 6.45. The van der Waals surface area contributed by atoms with Crippen LogP contribution in [0.3, 0.4) is 0 Å². The van der Waals surface area contributed by atoms with Gasteiger partial charge >= 0.3 is 0 Å². The first-order valence-electron chi connectivity index (χ1n) is 5.66. The summed E-state index contributed by atoms with van der Waals surface area (Å²) < 4.78 is 6.40. The molecule has 17 heavy (non-hydrogen) atoms. The molecule has 0 aromatic heterocycles. The van der Waals surface area contributed by atoms with E-state index in [4.69, 9.17) is 4.74 Å². The van der Waals surface area contributed by atoms with Crippen molar-refractivity contribution in [3.8, 4) is 0 Å². The van der Waals surface area contributed by atoms with Crippen molar-refractivity contribution in [1.29, 1.82) is 0 Å². The molecule has 0 N–H and O–H groups in total. The first kappa shape index (κ1) is 12.6. The molecular weight excluding hydrogens is 282 g/mol. The van der Waals surface area contributed by atoms with Gasteiger partial charge in [-0.2, -0.15) is 0 Å². The molecule has 1 saturated heterocycles. The third-order valence-electron chi connectivity index (χ3n) is 2.98. The normalized spacial score (nSPS) is 19.1. The van der Waals surface area contributed by atoms with Gasteiger partial charge in [0.1, 0.15) is 0 Å². The number of benzene rings is 1. The quantitative estimate of drug-likeness (QED) is 0.798. The summed E-state index contributed by atoms with van der Waals surface area (Å²) in [6.45, 7) is 5.93. The van der Waals surface area contributed by atoms with E-state index in [1.165, 1.54) is 0 Å². The van der Waals surface area contributed by atoms with E-state index in [1.54, 1.807) is 0 Å². The second-order valence-electron chi connectivity index (χ2n) is 4.83. The monoisotopic (exact) mass is 297 g/mol. The van der Waals surface area contributed by atoms with Crippen molar-refractivity contribution in [2.75, 3.05) is 19.8 Å². The van der Waals surface area contributed by atoms with Gasteiger partial charge in [0, 0.05) is 16.6 Å². The zero-order valence-electron chi connectivity index (χ0n) is 10.1. The van der Waals surface area contributed by atoms with Crippen LogP contribution in [0.2, 0.25) is 0 Å². The molecule has 3 nitrogen and oxygen atoms in total. The summed E-state index contributed by atoms with van der Waals surface area (Å²) in [5.41, 5.74) is 0.491. The van der Waals surface area contributed by atoms with Gasteiger partial charge in [-0.3, -0.25) is 4.79 Å². The smallest absolute Gasteiger partial charge is 0.254 e. The Morgan fingerprint density at radius 1 is 1.35 bits per heavy atom. The summed E-state index contributed by atoms with van der Waals surface area (Å²) in [5, 5.41) is 0. The molecular formula is C13H16BrNO2. The van der Waals surface area contributed by atoms with Crippen molar-refractivity contribution in [2.24, 2.45) is 0 Å². The fraction of sp³-hybridized carbons (Fsp3) is 0.462. The highest BCUT2D eigenvalue weighted by atomic mass is 79.9. The van der Waals surface area contributed by atoms with E-state index in [0.717, 1.165) is 10.0 Å². The van der Waals surface area contributed by atoms with Gasteiger partial charge in [-0.1, -0.05) is 15.9 Å². The summed E-state index contributed by atoms with van der Waals surface area (Å²) in [7, 11) is 0. The highest BCUT2D eigenvalue weighted by Gasteiger charge is 2.34. The van der Waals surface area contributed by atoms with Crippen molar-refractivity contribution in [3.63, 3.8) is 0 Å². The maximum atomic E-state index is 12.4. The number of ether oxygens (including phenoxy) is 1. The fourth-order valence-electron chi connectivity index (χ4n) is 1.98. The molecule has 0 spiro atoms. The molecule has 0 radical (unpaired) electrons. The van der Waals surface area contributed by atoms with Crippen LogP contribution in [0.4, 0.5) is 0 Å². The molecule has 0 unspecified atom stereocenters. The minimum atomic E-state index is -0.234. The molecule has 92 valence electrons. The van der Waals surface area contributed by atoms with Crippen LogP contribution in [-0.2, 0) is 4.74 Å². The Bertz CT molecular complexity index is 414. The molecule has 1 amide bonds. The number of hydrogen-bond acceptors (Lipinski definition) is 2. The average molecular weight is 298 g/mol. The van der Waals surface area contributed by atoms with Crippen LogP contribution in [0.15, 0.2) is 28.7 Å². The molecule has 1 aliphatic heterocycles. The number of amides is 1. The molecule has 1 aromatic rings. The number of morpholine rings is 1. The van der Waals surface area contributed by atoms with Crippen molar-refractivity contribution in [1.82, 2.24) is 4.90 Å². The molecule has 1 heterocycles. The molecule has 0 aliphatic carbocycles. The first-order chi connectivity index (χ1) is 8.00. The molecule has 1 aromatic carbocycles. The minimum Gasteiger partial charge on any atom is -0.377 e. The summed E-state index contributed by atoms with van der Waals surface area (Å²) in [5.74, 6) is 0.0748. The lowest BCUT2D eigenvalue weighted by atomic mass is 10.0. The van der Waals surface area contributed by atoms with E-state index in [0.29, 0.717) is 19.8 Å². The molecule has 2 rings (SSSR count). The number of rotatable bonds is 1. The van der Waals surface area contributed by atoms with Gasteiger partial charge in [-0.15, -0.1) is 0 Å². The summed E-state index contributed by atoms with van der Waals surface area (Å²) in [6, 6.07) is 7.47. The van der Waals surface area contributed by atoms with Crippen LogP contribution < -0.4 is 0 Å². The summed E-state index contributed by atoms with van der Waals surface area (Å²) in [6.07, 6.45) is 0. The number of carbonyl (C=O) groups is 1. The van der Waals surface area contributed by atoms with Crippen LogP contribution in [0.1, 0.15) is 24.2 Å². The Morgan fingerprint density at radius 2 is 2.00 bits per heavy atom. The van der Waals surface area contributed by atoms with E-state index < -0.39 is 0 Å². The Labute approximate surface area is 110 Å². The third kappa shape index (κ3) is 2.69. The topological polar surface area (TPSA) is 29.5 Å². The predicted octanol–water partition coefficient (Wildman–Crippen LogP) is 2.70. The number of halogens is 1. The molecule has 0 saturated carbocycles. The SMILES string of the molecule is CC1(C)COCCN1C(=O)c1ccc(Br)cc1. The van der Waals surface area contributed by atoms with Gasteiger partial charge in [0.15, 0.2) is 0 Å². The van der Waals surface area contributed by atoms with Gasteiger partial charge in [0.25, 0.3) is 5.91 Å². The molecule has 1 fully saturated rings. The lowest BCUT2D eigenvalue weighted by Gasteiger charge is -2.42. The van der Waals surface area contributed by atoms with Crippen LogP contribution in [0, 0.1) is 0 Å². The number of hydrogen-bond donors (Lipinski definition) is 0. The Balaban J connectivity index is 2.21. The zero-order valence-corrected chi connectivity index (χ0v) is 11.7. The lowest BCUT2D eigenvalue weighted by Crippen LogP contribution is -2.55. The van der Waals surface area contributed by atoms with Gasteiger partial charge in [0.05, 0.1) is 18.8 Å². The number of carbonyl (C=O) groups excluding carboxylic acids is 1. The van der Waals surface area contributed by atoms with Gasteiger partial charge in [-0.25, -0.2) is 0 Å². The molecule has 1 aliphatic rings. The van der Waals surface area contributed by atoms with Crippen LogP contribution in [-0.4, -0.2) is 36.1 Å². The second kappa shape index (κ2) is 4.78. The zero-order chi connectivity index (χ0) is 12.5. The van der Waals surface area contributed by atoms with Gasteiger partial charge in [-0.05, 0) is 38.1 Å². The van der Waals surface area contributed by atoms with E-state index in [-0.39, 0.29) is 11.4 Å². The average Bonchev–Trinajstić information content (AvgIpc) is 2.28. The van der Waals surface area contributed by atoms with Gasteiger partial charge in [0.2, 0.25) is 0 Å². The van der Waals surface area contributed by atoms with Crippen LogP contribution in [0.5, 0.6) is 0 Å². The standard InChI is InChI=1S/C13H16BrNO2/c1-13(2)9-17-8-7-15(13)12(16)10-3-5-11(14)6-4-10/h3-6H,7-9H2,1-2H3. The predicted molar refractivity (Wildman–Crippen MR) is 70.1 cm³/mol. The highest BCUT2D eigenvalue weighted by molar-refractivity contribution is 9.10. The van der Waals surface area contributed by atoms with Crippen molar-refractivity contribution in [3.05, 3.63) is 34.3 Å². The van der Waals surface area contributed by atoms with Gasteiger partial charge < -0.3 is 9.64 Å². The van der Waals surface area contributed by atoms with E-state index in [1.807, 2.05) is 43.0 Å². The summed E-state index contributed by atoms with van der Waals surface area (Å²) >= 11 is 3.37. The maximum Gasteiger partial charge on any atom is 0.254 e. The highest BCUT2D eigenvalue weighted by Crippen LogP contribution is 2.22. The second-order valence-corrected chi connectivity index (χ2v) is 5.74. The largest absolute Gasteiger partial charge is 0.377 e. The van der Waals surface area contributed by atoms with Crippen LogP contribution >= 0.6 is 15.9 Å². The minimum absolute atomic E-state index is 0.0748. The molecule has 0 atom stereocenters. The Morgan fingerprint density at radius 3 is 2.59 bits per heavy atom. The maximum absolute atomic E-state index is 12.4. The number of nitrogens with zero attached hydrogens (tertiary/aromatic N) is 1. The molecule has 0 bridgehead atoms. The van der Waals surface area contributed by atoms with E-state index >= 15 is 0 Å². The van der Waals surface area contributed by atoms with Crippen LogP contribution in [0.25, 0.3) is 0 Å². The fourth-order valence-corrected chi connectivity index (χ4v) is 2.25. The van der Waals surface area contributed by atoms with Crippen molar-refractivity contribution in [2.45, 2.75) is 19.4 Å².